The number of hydrogen-bond acceptors (Lipinski definition) is 0. The van der Waals surface area contributed by atoms with Crippen LogP contribution < -0.4 is 0 Å². The van der Waals surface area contributed by atoms with Crippen molar-refractivity contribution < 1.29 is 26.2 Å². The van der Waals surface area contributed by atoms with E-state index in [0.717, 1.165) is 0 Å². The molecule has 0 amide bonds. The maximum atomic E-state index is 2.89. The zero-order valence-electron chi connectivity index (χ0n) is 12.8. The second kappa shape index (κ2) is 12.2. The molecule has 0 aromatic heterocycles. The van der Waals surface area contributed by atoms with Crippen LogP contribution in [0.5, 0.6) is 0 Å². The Morgan fingerprint density at radius 1 is 0.727 bits per heavy atom. The molecule has 1 aliphatic rings. The Morgan fingerprint density at radius 3 is 1.68 bits per heavy atom. The van der Waals surface area contributed by atoms with Gasteiger partial charge in [0.2, 0.25) is 0 Å². The summed E-state index contributed by atoms with van der Waals surface area (Å²) in [5, 5.41) is 0. The summed E-state index contributed by atoms with van der Waals surface area (Å²) in [5.41, 5.74) is 3.20. The molecule has 0 spiro atoms. The van der Waals surface area contributed by atoms with E-state index in [1.54, 1.807) is 11.1 Å². The van der Waals surface area contributed by atoms with E-state index >= 15 is 0 Å². The Morgan fingerprint density at radius 2 is 1.27 bits per heavy atom. The van der Waals surface area contributed by atoms with E-state index < -0.39 is 0 Å². The van der Waals surface area contributed by atoms with E-state index in [1.807, 2.05) is 60.7 Å². The average molecular weight is 365 g/mol. The molecule has 3 aromatic rings. The van der Waals surface area contributed by atoms with Crippen molar-refractivity contribution in [1.29, 1.82) is 0 Å². The van der Waals surface area contributed by atoms with Crippen molar-refractivity contribution in [2.75, 3.05) is 0 Å². The van der Waals surface area contributed by atoms with Crippen LogP contribution in [0.15, 0.2) is 78.9 Å². The summed E-state index contributed by atoms with van der Waals surface area (Å²) < 4.78 is 0. The summed E-state index contributed by atoms with van der Waals surface area (Å²) in [6.45, 7) is 0. The SMILES string of the molecule is [Zr+3].[c-]1ccccc1.[c-]1ccccc1.c1cc2c([cH-]1)CCCC2. The van der Waals surface area contributed by atoms with Crippen molar-refractivity contribution in [3.05, 3.63) is 102 Å². The molecule has 0 heterocycles. The third kappa shape index (κ3) is 7.62. The van der Waals surface area contributed by atoms with E-state index in [0.29, 0.717) is 0 Å². The van der Waals surface area contributed by atoms with Gasteiger partial charge in [-0.1, -0.05) is 25.7 Å². The second-order valence-corrected chi connectivity index (χ2v) is 4.94. The first-order valence-corrected chi connectivity index (χ1v) is 7.52. The Labute approximate surface area is 153 Å². The van der Waals surface area contributed by atoms with Crippen LogP contribution in [-0.2, 0) is 39.0 Å². The van der Waals surface area contributed by atoms with E-state index in [4.69, 9.17) is 0 Å². The van der Waals surface area contributed by atoms with Gasteiger partial charge in [-0.05, 0) is 0 Å². The van der Waals surface area contributed by atoms with Crippen LogP contribution in [-0.4, -0.2) is 0 Å². The minimum Gasteiger partial charge on any atom is -0.210 e. The molecule has 0 aliphatic heterocycles. The Bertz CT molecular complexity index is 464. The third-order valence-electron chi connectivity index (χ3n) is 3.36. The smallest absolute Gasteiger partial charge is 0.210 e. The molecule has 1 radical (unpaired) electrons. The van der Waals surface area contributed by atoms with Crippen LogP contribution in [0.2, 0.25) is 0 Å². The quantitative estimate of drug-likeness (QED) is 0.478. The zero-order valence-corrected chi connectivity index (χ0v) is 15.3. The molecule has 0 bridgehead atoms. The van der Waals surface area contributed by atoms with Crippen molar-refractivity contribution in [3.63, 3.8) is 0 Å². The predicted molar refractivity (Wildman–Crippen MR) is 89.2 cm³/mol. The fourth-order valence-corrected chi connectivity index (χ4v) is 2.30. The maximum Gasteiger partial charge on any atom is 3.00 e. The molecule has 1 heteroatoms. The van der Waals surface area contributed by atoms with Gasteiger partial charge in [-0.2, -0.15) is 96.1 Å². The molecule has 3 aromatic carbocycles. The monoisotopic (exact) mass is 363 g/mol. The molecule has 109 valence electrons. The molecule has 0 nitrogen and oxygen atoms in total. The van der Waals surface area contributed by atoms with Gasteiger partial charge < -0.3 is 0 Å². The van der Waals surface area contributed by atoms with Gasteiger partial charge in [-0.15, -0.1) is 0 Å². The van der Waals surface area contributed by atoms with E-state index in [1.165, 1.54) is 25.7 Å². The van der Waals surface area contributed by atoms with Gasteiger partial charge in [0.1, 0.15) is 0 Å². The molecule has 0 atom stereocenters. The molecule has 0 saturated carbocycles. The second-order valence-electron chi connectivity index (χ2n) is 4.94. The van der Waals surface area contributed by atoms with Crippen molar-refractivity contribution >= 4 is 0 Å². The minimum atomic E-state index is 0. The summed E-state index contributed by atoms with van der Waals surface area (Å²) in [4.78, 5) is 0. The van der Waals surface area contributed by atoms with Crippen LogP contribution in [0.4, 0.5) is 0 Å². The molecule has 4 rings (SSSR count). The number of hydrogen-bond donors (Lipinski definition) is 0. The first-order chi connectivity index (χ1) is 10.5. The van der Waals surface area contributed by atoms with Gasteiger partial charge in [0, 0.05) is 0 Å². The molecule has 0 fully saturated rings. The van der Waals surface area contributed by atoms with Gasteiger partial charge >= 0.3 is 26.2 Å². The maximum absolute atomic E-state index is 2.89. The van der Waals surface area contributed by atoms with E-state index in [2.05, 4.69) is 30.3 Å². The van der Waals surface area contributed by atoms with Crippen molar-refractivity contribution in [1.82, 2.24) is 0 Å². The third-order valence-corrected chi connectivity index (χ3v) is 3.36. The standard InChI is InChI=1S/C9H11.2C6H5.Zr/c1-2-5-9-7-3-6-8(9)4-1;2*1-2-4-6-5-3-1;/h3,6-7H,1-2,4-5H2;2*1-5H;/q3*-1;+3. The van der Waals surface area contributed by atoms with Gasteiger partial charge in [0.25, 0.3) is 0 Å². The Balaban J connectivity index is 0.000000167. The van der Waals surface area contributed by atoms with Crippen molar-refractivity contribution in [2.45, 2.75) is 25.7 Å². The zero-order chi connectivity index (χ0) is 14.6. The molecule has 1 aliphatic carbocycles. The predicted octanol–water partition coefficient (Wildman–Crippen LogP) is 5.26. The van der Waals surface area contributed by atoms with E-state index in [9.17, 15) is 0 Å². The Hall–Kier alpha value is -1.33. The average Bonchev–Trinajstić information content (AvgIpc) is 3.08. The normalized spacial score (nSPS) is 11.5. The fraction of sp³-hybridized carbons (Fsp3) is 0.190. The topological polar surface area (TPSA) is 0 Å². The molecule has 0 unspecified atom stereocenters. The van der Waals surface area contributed by atoms with Crippen LogP contribution in [0.3, 0.4) is 0 Å². The van der Waals surface area contributed by atoms with Gasteiger partial charge in [0.15, 0.2) is 0 Å². The summed E-state index contributed by atoms with van der Waals surface area (Å²) in [6, 6.07) is 31.7. The van der Waals surface area contributed by atoms with E-state index in [-0.39, 0.29) is 26.2 Å². The van der Waals surface area contributed by atoms with Crippen LogP contribution in [0.1, 0.15) is 24.0 Å². The number of rotatable bonds is 0. The van der Waals surface area contributed by atoms with Crippen LogP contribution in [0, 0.1) is 12.1 Å². The summed E-state index contributed by atoms with van der Waals surface area (Å²) >= 11 is 0. The van der Waals surface area contributed by atoms with Gasteiger partial charge in [0.05, 0.1) is 0 Å². The van der Waals surface area contributed by atoms with Gasteiger partial charge in [-0.25, -0.2) is 6.07 Å². The Kier molecular flexibility index (Phi) is 10.4. The van der Waals surface area contributed by atoms with Crippen LogP contribution in [0.25, 0.3) is 0 Å². The molecule has 0 N–H and O–H groups in total. The molecule has 22 heavy (non-hydrogen) atoms. The molecular weight excluding hydrogens is 343 g/mol. The number of benzene rings is 2. The summed E-state index contributed by atoms with van der Waals surface area (Å²) in [7, 11) is 0. The van der Waals surface area contributed by atoms with Crippen LogP contribution >= 0.6 is 0 Å². The minimum absolute atomic E-state index is 0. The number of fused-ring (bicyclic) bond motifs is 1. The first kappa shape index (κ1) is 18.7. The largest absolute Gasteiger partial charge is 3.00 e. The summed E-state index contributed by atoms with van der Waals surface area (Å²) in [5.74, 6) is 0. The van der Waals surface area contributed by atoms with Crippen molar-refractivity contribution in [2.24, 2.45) is 0 Å². The van der Waals surface area contributed by atoms with Gasteiger partial charge in [-0.3, -0.25) is 0 Å². The molecule has 0 saturated heterocycles. The number of aryl methyl sites for hydroxylation is 2. The summed E-state index contributed by atoms with van der Waals surface area (Å²) in [6.07, 6.45) is 5.44. The van der Waals surface area contributed by atoms with Crippen molar-refractivity contribution in [3.8, 4) is 0 Å². The first-order valence-electron chi connectivity index (χ1n) is 7.52. The fourth-order valence-electron chi connectivity index (χ4n) is 2.30. The molecular formula is C21H21Zr.